The summed E-state index contributed by atoms with van der Waals surface area (Å²) < 4.78 is 14.2. The van der Waals surface area contributed by atoms with E-state index in [0.29, 0.717) is 5.95 Å². The fraction of sp³-hybridized carbons (Fsp3) is 0.125. The number of nitrogens with one attached hydrogen (secondary N) is 1. The highest BCUT2D eigenvalue weighted by Crippen LogP contribution is 2.51. The molecule has 1 N–H and O–H groups in total. The molecular formula is C24H19N5O2. The second kappa shape index (κ2) is 6.98. The summed E-state index contributed by atoms with van der Waals surface area (Å²) in [6.45, 7) is 0. The molecule has 0 spiro atoms. The van der Waals surface area contributed by atoms with E-state index in [-0.39, 0.29) is 12.1 Å². The summed E-state index contributed by atoms with van der Waals surface area (Å²) >= 11 is 0. The van der Waals surface area contributed by atoms with Gasteiger partial charge < -0.3 is 14.8 Å². The second-order valence-corrected chi connectivity index (χ2v) is 7.41. The lowest BCUT2D eigenvalue weighted by Crippen LogP contribution is -2.32. The Hall–Kier alpha value is -4.13. The number of anilines is 1. The predicted molar refractivity (Wildman–Crippen MR) is 116 cm³/mol. The molecule has 0 saturated carbocycles. The highest BCUT2D eigenvalue weighted by molar-refractivity contribution is 5.85. The molecule has 0 saturated heterocycles. The zero-order valence-electron chi connectivity index (χ0n) is 16.8. The molecule has 4 heterocycles. The minimum Gasteiger partial charge on any atom is -0.496 e. The number of pyridine rings is 1. The van der Waals surface area contributed by atoms with Crippen molar-refractivity contribution in [2.45, 2.75) is 12.1 Å². The molecule has 0 aliphatic carbocycles. The van der Waals surface area contributed by atoms with E-state index < -0.39 is 0 Å². The van der Waals surface area contributed by atoms with E-state index in [1.165, 1.54) is 0 Å². The summed E-state index contributed by atoms with van der Waals surface area (Å²) in [5.41, 5.74) is 4.96. The van der Waals surface area contributed by atoms with Crippen molar-refractivity contribution < 1.29 is 9.47 Å². The SMILES string of the molecule is COc1ccccc1[C@H]1Oc2ccccc2C2=C1[C@@H](c1cccnc1)n1ncnc1N2. The van der Waals surface area contributed by atoms with Crippen LogP contribution in [0.1, 0.15) is 28.8 Å². The van der Waals surface area contributed by atoms with Crippen molar-refractivity contribution >= 4 is 11.6 Å². The van der Waals surface area contributed by atoms with Gasteiger partial charge in [0.25, 0.3) is 0 Å². The van der Waals surface area contributed by atoms with Crippen molar-refractivity contribution in [1.29, 1.82) is 0 Å². The third kappa shape index (κ3) is 2.70. The van der Waals surface area contributed by atoms with E-state index in [2.05, 4.69) is 32.5 Å². The molecule has 0 bridgehead atoms. The lowest BCUT2D eigenvalue weighted by atomic mass is 9.85. The predicted octanol–water partition coefficient (Wildman–Crippen LogP) is 4.24. The maximum atomic E-state index is 6.61. The van der Waals surface area contributed by atoms with Gasteiger partial charge in [-0.15, -0.1) is 0 Å². The van der Waals surface area contributed by atoms with Gasteiger partial charge in [0, 0.05) is 29.1 Å². The van der Waals surface area contributed by atoms with E-state index in [1.54, 1.807) is 19.6 Å². The molecule has 4 aromatic rings. The van der Waals surface area contributed by atoms with Crippen LogP contribution >= 0.6 is 0 Å². The number of hydrogen-bond acceptors (Lipinski definition) is 6. The molecule has 7 nitrogen and oxygen atoms in total. The summed E-state index contributed by atoms with van der Waals surface area (Å²) in [6.07, 6.45) is 4.82. The molecule has 0 amide bonds. The van der Waals surface area contributed by atoms with Crippen molar-refractivity contribution in [2.75, 3.05) is 12.4 Å². The molecule has 152 valence electrons. The number of fused-ring (bicyclic) bond motifs is 3. The minimum absolute atomic E-state index is 0.231. The molecular weight excluding hydrogens is 390 g/mol. The van der Waals surface area contributed by atoms with Crippen molar-refractivity contribution in [2.24, 2.45) is 0 Å². The second-order valence-electron chi connectivity index (χ2n) is 7.41. The van der Waals surface area contributed by atoms with Gasteiger partial charge >= 0.3 is 0 Å². The third-order valence-electron chi connectivity index (χ3n) is 5.74. The van der Waals surface area contributed by atoms with Crippen LogP contribution in [0.2, 0.25) is 0 Å². The Balaban J connectivity index is 1.65. The first kappa shape index (κ1) is 17.7. The number of benzene rings is 2. The van der Waals surface area contributed by atoms with E-state index in [4.69, 9.17) is 9.47 Å². The van der Waals surface area contributed by atoms with Crippen LogP contribution in [0.5, 0.6) is 11.5 Å². The molecule has 0 unspecified atom stereocenters. The number of ether oxygens (including phenoxy) is 2. The molecule has 7 heteroatoms. The van der Waals surface area contributed by atoms with Gasteiger partial charge in [-0.3, -0.25) is 4.98 Å². The van der Waals surface area contributed by atoms with Crippen molar-refractivity contribution in [3.05, 3.63) is 102 Å². The first-order valence-corrected chi connectivity index (χ1v) is 10.0. The molecule has 2 aromatic carbocycles. The van der Waals surface area contributed by atoms with Gasteiger partial charge in [0.05, 0.1) is 12.8 Å². The molecule has 0 radical (unpaired) electrons. The Morgan fingerprint density at radius 2 is 1.90 bits per heavy atom. The molecule has 6 rings (SSSR count). The van der Waals surface area contributed by atoms with Gasteiger partial charge in [0.1, 0.15) is 23.9 Å². The molecule has 31 heavy (non-hydrogen) atoms. The largest absolute Gasteiger partial charge is 0.496 e. The zero-order valence-corrected chi connectivity index (χ0v) is 16.8. The van der Waals surface area contributed by atoms with Crippen molar-refractivity contribution in [3.8, 4) is 11.5 Å². The Morgan fingerprint density at radius 3 is 2.77 bits per heavy atom. The van der Waals surface area contributed by atoms with Crippen LogP contribution in [-0.4, -0.2) is 26.9 Å². The van der Waals surface area contributed by atoms with Crippen LogP contribution < -0.4 is 14.8 Å². The first-order chi connectivity index (χ1) is 15.3. The van der Waals surface area contributed by atoms with Gasteiger partial charge in [-0.2, -0.15) is 10.1 Å². The van der Waals surface area contributed by atoms with E-state index in [1.807, 2.05) is 59.4 Å². The number of para-hydroxylation sites is 2. The fourth-order valence-electron chi connectivity index (χ4n) is 4.42. The molecule has 2 aliphatic heterocycles. The Labute approximate surface area is 179 Å². The summed E-state index contributed by atoms with van der Waals surface area (Å²) in [5, 5.41) is 8.03. The highest BCUT2D eigenvalue weighted by atomic mass is 16.5. The number of aromatic nitrogens is 4. The normalized spacial score (nSPS) is 18.9. The van der Waals surface area contributed by atoms with Crippen LogP contribution in [0.3, 0.4) is 0 Å². The lowest BCUT2D eigenvalue weighted by Gasteiger charge is -2.39. The van der Waals surface area contributed by atoms with Gasteiger partial charge in [0.2, 0.25) is 5.95 Å². The van der Waals surface area contributed by atoms with Gasteiger partial charge in [0.15, 0.2) is 6.10 Å². The lowest BCUT2D eigenvalue weighted by molar-refractivity contribution is 0.217. The average Bonchev–Trinajstić information content (AvgIpc) is 3.31. The highest BCUT2D eigenvalue weighted by Gasteiger charge is 2.41. The van der Waals surface area contributed by atoms with Crippen LogP contribution in [0, 0.1) is 0 Å². The smallest absolute Gasteiger partial charge is 0.226 e. The monoisotopic (exact) mass is 409 g/mol. The summed E-state index contributed by atoms with van der Waals surface area (Å²) in [5.74, 6) is 2.26. The third-order valence-corrected chi connectivity index (χ3v) is 5.74. The topological polar surface area (TPSA) is 74.1 Å². The van der Waals surface area contributed by atoms with Gasteiger partial charge in [-0.05, 0) is 29.8 Å². The van der Waals surface area contributed by atoms with Gasteiger partial charge in [-0.1, -0.05) is 36.4 Å². The van der Waals surface area contributed by atoms with Crippen LogP contribution in [0.4, 0.5) is 5.95 Å². The Morgan fingerprint density at radius 1 is 1.03 bits per heavy atom. The number of methoxy groups -OCH3 is 1. The molecule has 2 aliphatic rings. The average molecular weight is 409 g/mol. The summed E-state index contributed by atoms with van der Waals surface area (Å²) in [4.78, 5) is 8.81. The fourth-order valence-corrected chi connectivity index (χ4v) is 4.42. The Kier molecular flexibility index (Phi) is 3.99. The van der Waals surface area contributed by atoms with E-state index in [0.717, 1.165) is 39.5 Å². The minimum atomic E-state index is -0.379. The van der Waals surface area contributed by atoms with E-state index in [9.17, 15) is 0 Å². The van der Waals surface area contributed by atoms with E-state index >= 15 is 0 Å². The van der Waals surface area contributed by atoms with Crippen molar-refractivity contribution in [1.82, 2.24) is 19.7 Å². The molecule has 2 atom stereocenters. The van der Waals surface area contributed by atoms with Gasteiger partial charge in [-0.25, -0.2) is 4.68 Å². The maximum Gasteiger partial charge on any atom is 0.226 e. The van der Waals surface area contributed by atoms with Crippen molar-refractivity contribution in [3.63, 3.8) is 0 Å². The number of nitrogens with zero attached hydrogens (tertiary/aromatic N) is 4. The standard InChI is InChI=1S/C24H19N5O2/c1-30-18-10-4-3-9-17(18)23-20-21(16-8-2-5-11-19(16)31-23)28-24-26-14-27-29(24)22(20)15-7-6-12-25-13-15/h2-14,22-23H,1H3,(H,26,27,28)/t22-,23-/m1/s1. The summed E-state index contributed by atoms with van der Waals surface area (Å²) in [7, 11) is 1.68. The number of rotatable bonds is 3. The van der Waals surface area contributed by atoms with Crippen LogP contribution in [0.15, 0.2) is 85.0 Å². The quantitative estimate of drug-likeness (QED) is 0.546. The Bertz CT molecular complexity index is 1300. The first-order valence-electron chi connectivity index (χ1n) is 10.0. The molecule has 2 aromatic heterocycles. The zero-order chi connectivity index (χ0) is 20.8. The van der Waals surface area contributed by atoms with Crippen LogP contribution in [0.25, 0.3) is 5.70 Å². The summed E-state index contributed by atoms with van der Waals surface area (Å²) in [6, 6.07) is 19.7. The maximum absolute atomic E-state index is 6.61. The molecule has 0 fully saturated rings. The van der Waals surface area contributed by atoms with Crippen LogP contribution in [-0.2, 0) is 0 Å². The number of hydrogen-bond donors (Lipinski definition) is 1.